The zero-order valence-electron chi connectivity index (χ0n) is 68.7. The molecule has 0 spiro atoms. The van der Waals surface area contributed by atoms with Gasteiger partial charge in [0.2, 0.25) is 0 Å². The molecular weight excluding hydrogens is 1750 g/mol. The Morgan fingerprint density at radius 3 is 0.942 bits per heavy atom. The second kappa shape index (κ2) is 56.6. The van der Waals surface area contributed by atoms with Crippen molar-refractivity contribution in [3.8, 4) is 0 Å². The van der Waals surface area contributed by atoms with Gasteiger partial charge in [0.1, 0.15) is 42.7 Å². The Morgan fingerprint density at radius 1 is 0.388 bits per heavy atom. The van der Waals surface area contributed by atoms with Crippen LogP contribution in [-0.2, 0) is 105 Å². The number of hydrogen-bond donors (Lipinski definition) is 11. The number of carbonyl (C=O) groups is 11. The van der Waals surface area contributed by atoms with Crippen molar-refractivity contribution in [3.63, 3.8) is 0 Å². The maximum absolute atomic E-state index is 12.6. The maximum Gasteiger partial charge on any atom is 0.408 e. The van der Waals surface area contributed by atoms with E-state index < -0.39 is 133 Å². The van der Waals surface area contributed by atoms with E-state index in [1.54, 1.807) is 205 Å². The van der Waals surface area contributed by atoms with Gasteiger partial charge in [0, 0.05) is 17.1 Å². The fourth-order valence-electron chi connectivity index (χ4n) is 8.99. The predicted molar refractivity (Wildman–Crippen MR) is 466 cm³/mol. The lowest BCUT2D eigenvalue weighted by molar-refractivity contribution is -0.153. The molecule has 0 bridgehead atoms. The Bertz CT molecular complexity index is 4300. The maximum atomic E-state index is 12.6. The number of alkyl carbamates (subject to hydrolysis) is 3. The molecule has 5 unspecified atom stereocenters. The molecule has 0 aliphatic heterocycles. The van der Waals surface area contributed by atoms with Gasteiger partial charge in [-0.2, -0.15) is 0 Å². The number of aliphatic hydroxyl groups is 2. The van der Waals surface area contributed by atoms with Crippen molar-refractivity contribution in [1.82, 2.24) is 21.3 Å². The number of para-hydroxylation sites is 6. The van der Waals surface area contributed by atoms with Crippen LogP contribution in [0.4, 0.5) is 48.5 Å². The molecule has 6 aromatic carbocycles. The molecule has 12 N–H and O–H groups in total. The molecule has 32 nitrogen and oxygen atoms in total. The number of aliphatic hydroxyl groups excluding tert-OH is 2. The molecule has 6 aromatic rings. The van der Waals surface area contributed by atoms with Crippen LogP contribution in [0.1, 0.15) is 107 Å². The summed E-state index contributed by atoms with van der Waals surface area (Å²) in [6.07, 6.45) is -2.59. The number of anilines is 6. The zero-order chi connectivity index (χ0) is 90.5. The minimum Gasteiger partial charge on any atom is -0.480 e. The number of esters is 7. The molecule has 0 aliphatic carbocycles. The first-order valence-corrected chi connectivity index (χ1v) is 39.6. The summed E-state index contributed by atoms with van der Waals surface area (Å²) in [6.45, 7) is 20.4. The highest BCUT2D eigenvalue weighted by Crippen LogP contribution is 2.37. The number of nitrogens with two attached hydrogens (primary N) is 1. The third kappa shape index (κ3) is 44.5. The van der Waals surface area contributed by atoms with Gasteiger partial charge in [-0.25, -0.2) is 33.6 Å². The van der Waals surface area contributed by atoms with E-state index in [2.05, 4.69) is 36.6 Å². The number of carboxylic acids is 1. The first kappa shape index (κ1) is 109. The van der Waals surface area contributed by atoms with Crippen LogP contribution in [0.3, 0.4) is 0 Å². The lowest BCUT2D eigenvalue weighted by Gasteiger charge is -2.22. The van der Waals surface area contributed by atoms with Crippen LogP contribution in [0.5, 0.6) is 0 Å². The van der Waals surface area contributed by atoms with Gasteiger partial charge in [-0.15, -0.1) is 12.4 Å². The number of halogens is 7. The Morgan fingerprint density at radius 2 is 0.653 bits per heavy atom. The summed E-state index contributed by atoms with van der Waals surface area (Å²) in [5, 5.41) is 47.4. The molecule has 5 atom stereocenters. The van der Waals surface area contributed by atoms with Crippen molar-refractivity contribution >= 4 is 200 Å². The number of benzene rings is 6. The van der Waals surface area contributed by atoms with Crippen LogP contribution in [0.15, 0.2) is 127 Å². The van der Waals surface area contributed by atoms with Crippen molar-refractivity contribution in [3.05, 3.63) is 174 Å². The molecule has 121 heavy (non-hydrogen) atoms. The number of hydrogen-bond acceptors (Lipinski definition) is 28. The number of carbonyl (C=O) groups excluding carboxylic acids is 10. The van der Waals surface area contributed by atoms with Gasteiger partial charge in [-0.3, -0.25) is 19.2 Å². The summed E-state index contributed by atoms with van der Waals surface area (Å²) in [7, 11) is 0. The SMILES string of the molecule is CC(C)(C)OC(=O)NC(CO)C(=O)O.CCOC(=O)C(CO)NC(=O)OC(C)(C)C.CCOC(=O)C(COC(=O)Cc1ccccc1Nc1c(Cl)cccc1Cl)NC(=O)OC(C)(C)C.CCOC(=O)C(COC(=O)Cc1ccccc1Nc1c(Cl)cccc1Cl)NC=S.CCOC(=O)C(N)COC(=O)Cc1ccccc1Nc1c(Cl)cccc1Cl.Cl. The fraction of sp³-hybridized carbons (Fsp3) is 0.407. The van der Waals surface area contributed by atoms with Crippen molar-refractivity contribution in [2.24, 2.45) is 5.73 Å². The summed E-state index contributed by atoms with van der Waals surface area (Å²) < 4.78 is 49.8. The predicted octanol–water partition coefficient (Wildman–Crippen LogP) is 14.1. The smallest absolute Gasteiger partial charge is 0.408 e. The Hall–Kier alpha value is -9.91. The minimum absolute atomic E-state index is 0. The van der Waals surface area contributed by atoms with E-state index >= 15 is 0 Å². The summed E-state index contributed by atoms with van der Waals surface area (Å²) in [6, 6.07) is 31.4. The number of amides is 3. The van der Waals surface area contributed by atoms with E-state index in [1.165, 1.54) is 5.49 Å². The number of nitrogens with one attached hydrogen (secondary N) is 7. The Labute approximate surface area is 743 Å². The summed E-state index contributed by atoms with van der Waals surface area (Å²) >= 11 is 41.9. The van der Waals surface area contributed by atoms with Gasteiger partial charge in [0.05, 0.1) is 112 Å². The van der Waals surface area contributed by atoms with E-state index in [1.807, 2.05) is 17.4 Å². The van der Waals surface area contributed by atoms with Gasteiger partial charge in [0.15, 0.2) is 24.2 Å². The molecule has 0 heterocycles. The zero-order valence-corrected chi connectivity index (χ0v) is 74.8. The first-order chi connectivity index (χ1) is 56.4. The number of aliphatic carboxylic acids is 1. The number of ether oxygens (including phenoxy) is 10. The van der Waals surface area contributed by atoms with E-state index in [0.717, 1.165) is 0 Å². The average molecular weight is 1850 g/mol. The first-order valence-electron chi connectivity index (χ1n) is 36.8. The van der Waals surface area contributed by atoms with Gasteiger partial charge in [0.25, 0.3) is 0 Å². The highest BCUT2D eigenvalue weighted by Gasteiger charge is 2.30. The number of carboxylic acid groups (broad SMARTS) is 1. The largest absolute Gasteiger partial charge is 0.480 e. The lowest BCUT2D eigenvalue weighted by Crippen LogP contribution is -2.47. The molecule has 0 saturated heterocycles. The van der Waals surface area contributed by atoms with Crippen molar-refractivity contribution in [2.45, 2.75) is 156 Å². The minimum atomic E-state index is -1.33. The molecule has 0 aliphatic rings. The molecule has 40 heteroatoms. The van der Waals surface area contributed by atoms with E-state index in [9.17, 15) is 52.7 Å². The highest BCUT2D eigenvalue weighted by atomic mass is 35.5. The van der Waals surface area contributed by atoms with Gasteiger partial charge in [-0.05, 0) is 161 Å². The van der Waals surface area contributed by atoms with Crippen LogP contribution in [0.25, 0.3) is 0 Å². The standard InChI is InChI=1S/C24H28Cl2N2O6.C20H20Cl2N2O4S.C19H20Cl2N2O4.C10H19NO5.C8H15NO5.ClH/c1-5-32-22(30)19(28-23(31)34-24(2,3)4)14-33-20(29)13-15-9-6-7-12-18(15)27-21-16(25)10-8-11-17(21)26;1-2-27-20(26)17(23-12-29)11-28-18(25)10-13-6-3-4-9-16(13)24-19-14(21)7-5-8-15(19)22;1-2-26-19(25)15(22)11-27-17(24)10-12-6-3-4-9-16(12)23-18-13(20)7-5-8-14(18)21;1-5-15-8(13)7(6-12)11-9(14)16-10(2,3)4;1-8(2,3)14-7(13)9-5(4-10)6(11)12;/h6-12,19,27H,5,13-14H2,1-4H3,(H,28,31);3-9,12,17,24H,2,10-11H2,1H3,(H,23,29);3-9,15,23H,2,10-11,22H2,1H3;7,12H,5-6H2,1-4H3,(H,11,14);5,10H,4H2,1-3H3,(H,9,13)(H,11,12);1H. The highest BCUT2D eigenvalue weighted by molar-refractivity contribution is 7.78. The van der Waals surface area contributed by atoms with Crippen LogP contribution >= 0.6 is 94.2 Å². The number of thiocarbonyl (C=S) groups is 1. The molecule has 0 fully saturated rings. The second-order valence-electron chi connectivity index (χ2n) is 27.5. The Balaban J connectivity index is 0.000000781. The topological polar surface area (TPSA) is 451 Å². The molecule has 0 aromatic heterocycles. The fourth-order valence-corrected chi connectivity index (χ4v) is 10.6. The average Bonchev–Trinajstić information content (AvgIpc) is 0.846. The monoisotopic (exact) mass is 1850 g/mol. The van der Waals surface area contributed by atoms with Gasteiger partial charge >= 0.3 is 66.0 Å². The quantitative estimate of drug-likeness (QED) is 0.0102. The van der Waals surface area contributed by atoms with E-state index in [-0.39, 0.29) is 71.3 Å². The normalized spacial score (nSPS) is 11.8. The molecule has 3 amide bonds. The molecular formula is C81H103Cl7N8O24S. The summed E-state index contributed by atoms with van der Waals surface area (Å²) in [4.78, 5) is 129. The Kier molecular flexibility index (Phi) is 51.1. The van der Waals surface area contributed by atoms with Crippen LogP contribution < -0.4 is 43.0 Å². The third-order valence-corrected chi connectivity index (χ3v) is 16.3. The third-order valence-electron chi connectivity index (χ3n) is 14.3. The van der Waals surface area contributed by atoms with E-state index in [0.29, 0.717) is 81.0 Å². The molecule has 6 rings (SSSR count). The summed E-state index contributed by atoms with van der Waals surface area (Å²) in [5.74, 6) is -5.53. The van der Waals surface area contributed by atoms with Crippen molar-refractivity contribution in [2.75, 3.05) is 75.4 Å². The van der Waals surface area contributed by atoms with Crippen LogP contribution in [-0.4, -0.2) is 193 Å². The van der Waals surface area contributed by atoms with Gasteiger partial charge in [-0.1, -0.05) is 155 Å². The summed E-state index contributed by atoms with van der Waals surface area (Å²) in [5.41, 5.74) is 10.2. The van der Waals surface area contributed by atoms with Crippen LogP contribution in [0, 0.1) is 0 Å². The lowest BCUT2D eigenvalue weighted by atomic mass is 10.1. The van der Waals surface area contributed by atoms with Crippen molar-refractivity contribution in [1.29, 1.82) is 0 Å². The molecule has 666 valence electrons. The number of rotatable bonds is 34. The van der Waals surface area contributed by atoms with Gasteiger partial charge < -0.3 is 106 Å². The van der Waals surface area contributed by atoms with E-state index in [4.69, 9.17) is 146 Å². The van der Waals surface area contributed by atoms with Crippen LogP contribution in [0.2, 0.25) is 30.1 Å². The molecule has 0 radical (unpaired) electrons. The molecule has 0 saturated carbocycles. The second-order valence-corrected chi connectivity index (χ2v) is 30.1. The van der Waals surface area contributed by atoms with Crippen molar-refractivity contribution < 1.29 is 115 Å².